The highest BCUT2D eigenvalue weighted by molar-refractivity contribution is 5.95. The number of nitrogens with zero attached hydrogens (tertiary/aromatic N) is 6. The van der Waals surface area contributed by atoms with Gasteiger partial charge in [0.2, 0.25) is 0 Å². The third-order valence-electron chi connectivity index (χ3n) is 6.29. The van der Waals surface area contributed by atoms with Crippen LogP contribution in [-0.4, -0.2) is 24.5 Å². The first kappa shape index (κ1) is 23.6. The van der Waals surface area contributed by atoms with E-state index < -0.39 is 0 Å². The number of fused-ring (bicyclic) bond motifs is 1. The Morgan fingerprint density at radius 3 is 2.70 bits per heavy atom. The summed E-state index contributed by atoms with van der Waals surface area (Å²) >= 11 is 0. The minimum absolute atomic E-state index is 0.0303. The van der Waals surface area contributed by atoms with E-state index >= 15 is 0 Å². The van der Waals surface area contributed by atoms with Crippen molar-refractivity contribution in [3.63, 3.8) is 0 Å². The van der Waals surface area contributed by atoms with Gasteiger partial charge in [-0.25, -0.2) is 15.0 Å². The molecule has 182 valence electrons. The van der Waals surface area contributed by atoms with Gasteiger partial charge in [0.1, 0.15) is 29.6 Å². The molecular weight excluding hydrogens is 464 g/mol. The van der Waals surface area contributed by atoms with Crippen LogP contribution in [0.3, 0.4) is 0 Å². The molecule has 4 heterocycles. The van der Waals surface area contributed by atoms with Gasteiger partial charge in [0.25, 0.3) is 5.56 Å². The highest BCUT2D eigenvalue weighted by Gasteiger charge is 2.20. The molecule has 0 spiro atoms. The molecule has 9 heteroatoms. The molecular formula is C28H24N8O. The van der Waals surface area contributed by atoms with Gasteiger partial charge in [-0.05, 0) is 38.1 Å². The van der Waals surface area contributed by atoms with E-state index in [4.69, 9.17) is 10.7 Å². The summed E-state index contributed by atoms with van der Waals surface area (Å²) in [5, 5.41) is 13.8. The molecule has 0 aliphatic heterocycles. The molecule has 0 aliphatic carbocycles. The van der Waals surface area contributed by atoms with Gasteiger partial charge in [0.05, 0.1) is 17.3 Å². The third kappa shape index (κ3) is 4.36. The Kier molecular flexibility index (Phi) is 6.07. The zero-order chi connectivity index (χ0) is 26.1. The van der Waals surface area contributed by atoms with E-state index in [2.05, 4.69) is 32.4 Å². The summed E-state index contributed by atoms with van der Waals surface area (Å²) in [4.78, 5) is 29.9. The number of nitrogen functional groups attached to an aromatic ring is 1. The number of para-hydroxylation sites is 1. The summed E-state index contributed by atoms with van der Waals surface area (Å²) in [7, 11) is 1.75. The first-order chi connectivity index (χ1) is 17.9. The van der Waals surface area contributed by atoms with Crippen LogP contribution in [0.5, 0.6) is 0 Å². The number of anilines is 2. The molecule has 1 atom stereocenters. The van der Waals surface area contributed by atoms with E-state index in [1.807, 2.05) is 56.4 Å². The molecule has 0 aliphatic rings. The number of hydrogen-bond donors (Lipinski definition) is 2. The lowest BCUT2D eigenvalue weighted by molar-refractivity contribution is 0.851. The minimum atomic E-state index is -0.281. The molecule has 9 nitrogen and oxygen atoms in total. The highest BCUT2D eigenvalue weighted by atomic mass is 16.1. The van der Waals surface area contributed by atoms with Crippen molar-refractivity contribution >= 4 is 22.5 Å². The zero-order valence-corrected chi connectivity index (χ0v) is 20.6. The van der Waals surface area contributed by atoms with E-state index in [0.29, 0.717) is 11.4 Å². The second-order valence-electron chi connectivity index (χ2n) is 8.83. The fraction of sp³-hybridized carbons (Fsp3) is 0.143. The van der Waals surface area contributed by atoms with Crippen LogP contribution in [0.2, 0.25) is 0 Å². The third-order valence-corrected chi connectivity index (χ3v) is 6.29. The summed E-state index contributed by atoms with van der Waals surface area (Å²) in [6, 6.07) is 15.6. The van der Waals surface area contributed by atoms with Crippen LogP contribution in [0.1, 0.15) is 29.7 Å². The van der Waals surface area contributed by atoms with Crippen molar-refractivity contribution in [2.24, 2.45) is 7.05 Å². The van der Waals surface area contributed by atoms with Crippen molar-refractivity contribution in [2.45, 2.75) is 19.9 Å². The first-order valence-electron chi connectivity index (χ1n) is 11.7. The average Bonchev–Trinajstić information content (AvgIpc) is 2.91. The normalized spacial score (nSPS) is 11.7. The van der Waals surface area contributed by atoms with Crippen molar-refractivity contribution in [2.75, 3.05) is 11.1 Å². The maximum absolute atomic E-state index is 12.3. The second-order valence-corrected chi connectivity index (χ2v) is 8.83. The SMILES string of the molecule is Cc1cc(-c2cccc3cc([C@H](C)Nc4ncnc(N)c4C#N)c(-c4cccnc4)nc23)cn(C)c1=O. The van der Waals surface area contributed by atoms with Gasteiger partial charge in [-0.15, -0.1) is 0 Å². The maximum atomic E-state index is 12.3. The van der Waals surface area contributed by atoms with Crippen LogP contribution in [0.25, 0.3) is 33.3 Å². The van der Waals surface area contributed by atoms with Gasteiger partial charge in [-0.1, -0.05) is 18.2 Å². The van der Waals surface area contributed by atoms with Crippen molar-refractivity contribution in [1.82, 2.24) is 24.5 Å². The van der Waals surface area contributed by atoms with E-state index in [0.717, 1.165) is 38.9 Å². The monoisotopic (exact) mass is 488 g/mol. The van der Waals surface area contributed by atoms with Gasteiger partial charge in [-0.3, -0.25) is 9.78 Å². The number of rotatable bonds is 5. The van der Waals surface area contributed by atoms with Gasteiger partial charge >= 0.3 is 0 Å². The number of pyridine rings is 3. The number of aromatic nitrogens is 5. The van der Waals surface area contributed by atoms with Gasteiger partial charge in [0, 0.05) is 58.8 Å². The topological polar surface area (TPSA) is 135 Å². The fourth-order valence-corrected chi connectivity index (χ4v) is 4.44. The van der Waals surface area contributed by atoms with Gasteiger partial charge in [0.15, 0.2) is 0 Å². The predicted molar refractivity (Wildman–Crippen MR) is 144 cm³/mol. The van der Waals surface area contributed by atoms with E-state index in [1.165, 1.54) is 6.33 Å². The number of benzene rings is 1. The van der Waals surface area contributed by atoms with Crippen LogP contribution in [0.4, 0.5) is 11.6 Å². The molecule has 0 saturated heterocycles. The van der Waals surface area contributed by atoms with Crippen LogP contribution in [0, 0.1) is 18.3 Å². The minimum Gasteiger partial charge on any atom is -0.382 e. The quantitative estimate of drug-likeness (QED) is 0.372. The lowest BCUT2D eigenvalue weighted by Gasteiger charge is -2.20. The largest absolute Gasteiger partial charge is 0.382 e. The molecule has 5 rings (SSSR count). The smallest absolute Gasteiger partial charge is 0.253 e. The van der Waals surface area contributed by atoms with E-state index in [1.54, 1.807) is 24.0 Å². The molecule has 5 aromatic rings. The molecule has 0 unspecified atom stereocenters. The van der Waals surface area contributed by atoms with Crippen molar-refractivity contribution in [3.05, 3.63) is 94.4 Å². The van der Waals surface area contributed by atoms with Crippen LogP contribution in [-0.2, 0) is 7.05 Å². The van der Waals surface area contributed by atoms with Crippen LogP contribution < -0.4 is 16.6 Å². The molecule has 0 radical (unpaired) electrons. The average molecular weight is 489 g/mol. The standard InChI is InChI=1S/C28H24N8O/c1-16-10-20(14-36(3)28(16)37)21-8-4-6-18-11-22(25(35-24(18)21)19-7-5-9-31-13-19)17(2)34-27-23(12-29)26(30)32-15-33-27/h4-11,13-15,17H,1-3H3,(H3,30,32,33,34)/t17-/m0/s1. The summed E-state index contributed by atoms with van der Waals surface area (Å²) in [6.45, 7) is 3.79. The van der Waals surface area contributed by atoms with Crippen LogP contribution in [0.15, 0.2) is 72.2 Å². The maximum Gasteiger partial charge on any atom is 0.253 e. The molecule has 0 fully saturated rings. The molecule has 37 heavy (non-hydrogen) atoms. The van der Waals surface area contributed by atoms with E-state index in [-0.39, 0.29) is 23.0 Å². The Bertz CT molecular complexity index is 1710. The highest BCUT2D eigenvalue weighted by Crippen LogP contribution is 2.35. The summed E-state index contributed by atoms with van der Waals surface area (Å²) in [5.74, 6) is 0.475. The summed E-state index contributed by atoms with van der Waals surface area (Å²) in [5.41, 5.74) is 11.8. The molecule has 0 amide bonds. The Labute approximate surface area is 213 Å². The lowest BCUT2D eigenvalue weighted by Crippen LogP contribution is -2.18. The molecule has 0 bridgehead atoms. The molecule has 1 aromatic carbocycles. The van der Waals surface area contributed by atoms with E-state index in [9.17, 15) is 10.1 Å². The van der Waals surface area contributed by atoms with Crippen LogP contribution >= 0.6 is 0 Å². The Hall–Kier alpha value is -5.10. The lowest BCUT2D eigenvalue weighted by atomic mass is 9.96. The number of nitrogens with two attached hydrogens (primary N) is 1. The van der Waals surface area contributed by atoms with Gasteiger partial charge in [-0.2, -0.15) is 5.26 Å². The zero-order valence-electron chi connectivity index (χ0n) is 20.6. The predicted octanol–water partition coefficient (Wildman–Crippen LogP) is 4.39. The number of nitriles is 1. The summed E-state index contributed by atoms with van der Waals surface area (Å²) < 4.78 is 1.59. The Morgan fingerprint density at radius 1 is 1.14 bits per heavy atom. The summed E-state index contributed by atoms with van der Waals surface area (Å²) in [6.07, 6.45) is 6.64. The van der Waals surface area contributed by atoms with Gasteiger partial charge < -0.3 is 15.6 Å². The fourth-order valence-electron chi connectivity index (χ4n) is 4.44. The van der Waals surface area contributed by atoms with Crippen molar-refractivity contribution < 1.29 is 0 Å². The molecule has 0 saturated carbocycles. The molecule has 3 N–H and O–H groups in total. The number of hydrogen-bond acceptors (Lipinski definition) is 8. The Morgan fingerprint density at radius 2 is 1.97 bits per heavy atom. The molecule has 4 aromatic heterocycles. The number of aryl methyl sites for hydroxylation is 2. The number of nitrogens with one attached hydrogen (secondary N) is 1. The Balaban J connectivity index is 1.71. The van der Waals surface area contributed by atoms with Crippen molar-refractivity contribution in [3.8, 4) is 28.5 Å². The second kappa shape index (κ2) is 9.51. The van der Waals surface area contributed by atoms with Crippen molar-refractivity contribution in [1.29, 1.82) is 5.26 Å². The first-order valence-corrected chi connectivity index (χ1v) is 11.7.